The number of nitrogen functional groups attached to an aromatic ring is 1. The summed E-state index contributed by atoms with van der Waals surface area (Å²) in [4.78, 5) is 1.60. The summed E-state index contributed by atoms with van der Waals surface area (Å²) >= 11 is 0. The second-order valence-electron chi connectivity index (χ2n) is 3.32. The van der Waals surface area contributed by atoms with Crippen molar-refractivity contribution in [2.45, 2.75) is 13.8 Å². The van der Waals surface area contributed by atoms with E-state index in [9.17, 15) is 0 Å². The first-order chi connectivity index (χ1) is 6.66. The third kappa shape index (κ3) is 1.46. The van der Waals surface area contributed by atoms with Gasteiger partial charge >= 0.3 is 0 Å². The Morgan fingerprint density at radius 2 is 2.07 bits per heavy atom. The van der Waals surface area contributed by atoms with Crippen LogP contribution in [0, 0.1) is 13.8 Å². The van der Waals surface area contributed by atoms with Gasteiger partial charge in [-0.25, -0.2) is 0 Å². The van der Waals surface area contributed by atoms with Gasteiger partial charge in [0.2, 0.25) is 0 Å². The molecule has 0 aliphatic carbocycles. The average molecular weight is 188 g/mol. The third-order valence-electron chi connectivity index (χ3n) is 2.06. The summed E-state index contributed by atoms with van der Waals surface area (Å²) in [5, 5.41) is 8.37. The van der Waals surface area contributed by atoms with Crippen molar-refractivity contribution in [1.82, 2.24) is 15.0 Å². The first-order valence-electron chi connectivity index (χ1n) is 4.42. The van der Waals surface area contributed by atoms with Gasteiger partial charge in [-0.1, -0.05) is 6.07 Å². The molecule has 0 bridgehead atoms. The molecule has 1 aromatic carbocycles. The van der Waals surface area contributed by atoms with Crippen molar-refractivity contribution in [3.8, 4) is 5.69 Å². The van der Waals surface area contributed by atoms with Crippen LogP contribution in [0.15, 0.2) is 24.4 Å². The highest BCUT2D eigenvalue weighted by molar-refractivity contribution is 5.51. The summed E-state index contributed by atoms with van der Waals surface area (Å²) in [7, 11) is 0. The SMILES string of the molecule is Cc1cnn(-c2cc(N)ccc2C)n1. The fraction of sp³-hybridized carbons (Fsp3) is 0.200. The molecule has 14 heavy (non-hydrogen) atoms. The molecule has 2 aromatic rings. The summed E-state index contributed by atoms with van der Waals surface area (Å²) in [5.74, 6) is 0. The van der Waals surface area contributed by atoms with E-state index in [2.05, 4.69) is 10.2 Å². The Morgan fingerprint density at radius 1 is 1.29 bits per heavy atom. The monoisotopic (exact) mass is 188 g/mol. The van der Waals surface area contributed by atoms with Gasteiger partial charge in [-0.2, -0.15) is 15.0 Å². The minimum atomic E-state index is 0.723. The van der Waals surface area contributed by atoms with Gasteiger partial charge in [0.25, 0.3) is 0 Å². The van der Waals surface area contributed by atoms with Crippen LogP contribution in [0.5, 0.6) is 0 Å². The topological polar surface area (TPSA) is 56.7 Å². The molecule has 72 valence electrons. The molecule has 0 fully saturated rings. The molecule has 1 aromatic heterocycles. The number of aromatic nitrogens is 3. The standard InChI is InChI=1S/C10H12N4/c1-7-3-4-9(11)5-10(7)14-12-6-8(2)13-14/h3-6H,11H2,1-2H3. The van der Waals surface area contributed by atoms with Crippen LogP contribution < -0.4 is 5.73 Å². The zero-order chi connectivity index (χ0) is 10.1. The van der Waals surface area contributed by atoms with Gasteiger partial charge in [0.1, 0.15) is 0 Å². The second-order valence-corrected chi connectivity index (χ2v) is 3.32. The summed E-state index contributed by atoms with van der Waals surface area (Å²) in [6, 6.07) is 5.70. The zero-order valence-electron chi connectivity index (χ0n) is 8.23. The molecule has 0 saturated heterocycles. The maximum absolute atomic E-state index is 5.70. The maximum atomic E-state index is 5.70. The highest BCUT2D eigenvalue weighted by Crippen LogP contribution is 2.15. The van der Waals surface area contributed by atoms with Crippen LogP contribution >= 0.6 is 0 Å². The zero-order valence-corrected chi connectivity index (χ0v) is 8.23. The summed E-state index contributed by atoms with van der Waals surface area (Å²) < 4.78 is 0. The molecule has 1 heterocycles. The van der Waals surface area contributed by atoms with Gasteiger partial charge in [0.05, 0.1) is 17.6 Å². The number of nitrogens with zero attached hydrogens (tertiary/aromatic N) is 3. The van der Waals surface area contributed by atoms with Crippen molar-refractivity contribution < 1.29 is 0 Å². The molecule has 0 spiro atoms. The van der Waals surface area contributed by atoms with E-state index in [4.69, 9.17) is 5.73 Å². The molecule has 4 heteroatoms. The molecule has 0 radical (unpaired) electrons. The van der Waals surface area contributed by atoms with Gasteiger partial charge in [-0.15, -0.1) is 0 Å². The Bertz CT molecular complexity index is 459. The largest absolute Gasteiger partial charge is 0.399 e. The first kappa shape index (κ1) is 8.74. The minimum absolute atomic E-state index is 0.723. The predicted octanol–water partition coefficient (Wildman–Crippen LogP) is 1.47. The summed E-state index contributed by atoms with van der Waals surface area (Å²) in [6.07, 6.45) is 1.72. The fourth-order valence-corrected chi connectivity index (χ4v) is 1.30. The highest BCUT2D eigenvalue weighted by atomic mass is 15.5. The molecule has 0 amide bonds. The smallest absolute Gasteiger partial charge is 0.0906 e. The lowest BCUT2D eigenvalue weighted by Crippen LogP contribution is -2.02. The quantitative estimate of drug-likeness (QED) is 0.689. The molecule has 2 N–H and O–H groups in total. The molecule has 0 unspecified atom stereocenters. The molecule has 0 atom stereocenters. The number of aryl methyl sites for hydroxylation is 2. The number of rotatable bonds is 1. The number of hydrogen-bond acceptors (Lipinski definition) is 3. The first-order valence-corrected chi connectivity index (χ1v) is 4.42. The normalized spacial score (nSPS) is 10.4. The Morgan fingerprint density at radius 3 is 2.71 bits per heavy atom. The van der Waals surface area contributed by atoms with Crippen molar-refractivity contribution in [1.29, 1.82) is 0 Å². The Labute approximate surface area is 82.4 Å². The van der Waals surface area contributed by atoms with Crippen molar-refractivity contribution in [2.24, 2.45) is 0 Å². The minimum Gasteiger partial charge on any atom is -0.399 e. The van der Waals surface area contributed by atoms with Gasteiger partial charge in [0.15, 0.2) is 0 Å². The second kappa shape index (κ2) is 3.14. The van der Waals surface area contributed by atoms with Crippen LogP contribution in [0.2, 0.25) is 0 Å². The van der Waals surface area contributed by atoms with Crippen LogP contribution in [0.4, 0.5) is 5.69 Å². The van der Waals surface area contributed by atoms with Crippen LogP contribution in [0.25, 0.3) is 5.69 Å². The van der Waals surface area contributed by atoms with Crippen molar-refractivity contribution in [3.63, 3.8) is 0 Å². The van der Waals surface area contributed by atoms with E-state index in [0.717, 1.165) is 22.6 Å². The average Bonchev–Trinajstić information content (AvgIpc) is 2.56. The fourth-order valence-electron chi connectivity index (χ4n) is 1.30. The van der Waals surface area contributed by atoms with E-state index in [0.29, 0.717) is 0 Å². The third-order valence-corrected chi connectivity index (χ3v) is 2.06. The van der Waals surface area contributed by atoms with Crippen molar-refractivity contribution in [2.75, 3.05) is 5.73 Å². The van der Waals surface area contributed by atoms with Crippen molar-refractivity contribution in [3.05, 3.63) is 35.7 Å². The Kier molecular flexibility index (Phi) is 1.96. The lowest BCUT2D eigenvalue weighted by molar-refractivity contribution is 0.741. The molecule has 0 aliphatic heterocycles. The van der Waals surface area contributed by atoms with Crippen LogP contribution in [-0.2, 0) is 0 Å². The van der Waals surface area contributed by atoms with Crippen molar-refractivity contribution >= 4 is 5.69 Å². The van der Waals surface area contributed by atoms with E-state index >= 15 is 0 Å². The number of benzene rings is 1. The van der Waals surface area contributed by atoms with Gasteiger partial charge < -0.3 is 5.73 Å². The van der Waals surface area contributed by atoms with E-state index < -0.39 is 0 Å². The van der Waals surface area contributed by atoms with Gasteiger partial charge in [0, 0.05) is 5.69 Å². The van der Waals surface area contributed by atoms with E-state index in [1.54, 1.807) is 11.0 Å². The molecule has 0 aliphatic rings. The molecule has 2 rings (SSSR count). The highest BCUT2D eigenvalue weighted by Gasteiger charge is 2.03. The maximum Gasteiger partial charge on any atom is 0.0906 e. The molecule has 4 nitrogen and oxygen atoms in total. The van der Waals surface area contributed by atoms with Gasteiger partial charge in [-0.05, 0) is 31.5 Å². The van der Waals surface area contributed by atoms with E-state index in [1.807, 2.05) is 32.0 Å². The Hall–Kier alpha value is -1.84. The lowest BCUT2D eigenvalue weighted by Gasteiger charge is -2.04. The van der Waals surface area contributed by atoms with Crippen LogP contribution in [0.3, 0.4) is 0 Å². The van der Waals surface area contributed by atoms with E-state index in [1.165, 1.54) is 0 Å². The molecular weight excluding hydrogens is 176 g/mol. The van der Waals surface area contributed by atoms with E-state index in [-0.39, 0.29) is 0 Å². The number of anilines is 1. The van der Waals surface area contributed by atoms with Gasteiger partial charge in [-0.3, -0.25) is 0 Å². The molecule has 0 saturated carbocycles. The van der Waals surface area contributed by atoms with Crippen LogP contribution in [0.1, 0.15) is 11.3 Å². The molecular formula is C10H12N4. The lowest BCUT2D eigenvalue weighted by atomic mass is 10.2. The number of hydrogen-bond donors (Lipinski definition) is 1. The Balaban J connectivity index is 2.55. The van der Waals surface area contributed by atoms with Crippen LogP contribution in [-0.4, -0.2) is 15.0 Å². The predicted molar refractivity (Wildman–Crippen MR) is 55.2 cm³/mol. The summed E-state index contributed by atoms with van der Waals surface area (Å²) in [6.45, 7) is 3.92. The number of nitrogens with two attached hydrogens (primary N) is 1. The summed E-state index contributed by atoms with van der Waals surface area (Å²) in [5.41, 5.74) is 9.36.